The van der Waals surface area contributed by atoms with Crippen molar-refractivity contribution in [3.8, 4) is 5.69 Å². The van der Waals surface area contributed by atoms with Gasteiger partial charge in [0.2, 0.25) is 0 Å². The number of ketones is 1. The minimum absolute atomic E-state index is 0.0519. The van der Waals surface area contributed by atoms with Crippen LogP contribution in [0.1, 0.15) is 78.6 Å². The molecule has 1 saturated carbocycles. The normalized spacial score (nSPS) is 22.4. The lowest BCUT2D eigenvalue weighted by Gasteiger charge is -2.29. The van der Waals surface area contributed by atoms with Crippen molar-refractivity contribution in [2.24, 2.45) is 11.1 Å². The number of anilines is 1. The second-order valence-corrected chi connectivity index (χ2v) is 9.44. The van der Waals surface area contributed by atoms with E-state index in [1.807, 2.05) is 20.8 Å². The van der Waals surface area contributed by atoms with E-state index < -0.39 is 17.8 Å². The molecule has 2 atom stereocenters. The van der Waals surface area contributed by atoms with Gasteiger partial charge >= 0.3 is 0 Å². The van der Waals surface area contributed by atoms with Crippen molar-refractivity contribution in [3.05, 3.63) is 40.5 Å². The van der Waals surface area contributed by atoms with E-state index in [-0.39, 0.29) is 28.5 Å². The number of benzene rings is 1. The molecule has 2 aromatic rings. The number of aliphatic hydroxyl groups excluding tert-OH is 1. The number of nitrogens with two attached hydrogens (primary N) is 1. The van der Waals surface area contributed by atoms with Gasteiger partial charge < -0.3 is 16.2 Å². The van der Waals surface area contributed by atoms with Crippen LogP contribution in [-0.2, 0) is 12.8 Å². The third-order valence-corrected chi connectivity index (χ3v) is 6.34. The Morgan fingerprint density at radius 2 is 2.10 bits per heavy atom. The van der Waals surface area contributed by atoms with Crippen LogP contribution in [0, 0.1) is 11.2 Å². The molecule has 0 spiro atoms. The Labute approximate surface area is 180 Å². The number of Topliss-reactive ketones (excluding diaryl/α,β-unsaturated/α-hetero) is 1. The van der Waals surface area contributed by atoms with Crippen molar-refractivity contribution >= 4 is 17.4 Å². The van der Waals surface area contributed by atoms with Crippen molar-refractivity contribution in [1.82, 2.24) is 9.78 Å². The number of amides is 1. The van der Waals surface area contributed by atoms with Crippen LogP contribution in [0.5, 0.6) is 0 Å². The lowest BCUT2D eigenvalue weighted by atomic mass is 9.75. The molecule has 0 radical (unpaired) electrons. The summed E-state index contributed by atoms with van der Waals surface area (Å²) in [6.45, 7) is 6.00. The number of rotatable bonds is 5. The highest BCUT2D eigenvalue weighted by atomic mass is 19.1. The first-order valence-corrected chi connectivity index (χ1v) is 10.8. The summed E-state index contributed by atoms with van der Waals surface area (Å²) in [4.78, 5) is 24.8. The minimum atomic E-state index is -0.882. The Balaban J connectivity index is 1.86. The van der Waals surface area contributed by atoms with E-state index in [1.165, 1.54) is 6.07 Å². The maximum Gasteiger partial charge on any atom is 0.253 e. The number of nitrogens with zero attached hydrogens (tertiary/aromatic N) is 2. The average molecular weight is 429 g/mol. The Hall–Kier alpha value is -2.74. The van der Waals surface area contributed by atoms with Crippen molar-refractivity contribution < 1.29 is 19.1 Å². The van der Waals surface area contributed by atoms with Crippen LogP contribution in [0.25, 0.3) is 5.69 Å². The molecule has 0 aliphatic heterocycles. The SMILES string of the molecule is CCc1nn(-c2cc(F)c(C(N)=O)c(N[C@H]3CCC[C@H]3O)c2)c2c1C(=O)CC(C)(C)C2. The molecule has 31 heavy (non-hydrogen) atoms. The number of aromatic nitrogens is 2. The molecule has 7 nitrogen and oxygen atoms in total. The molecule has 2 aliphatic rings. The lowest BCUT2D eigenvalue weighted by Crippen LogP contribution is -2.30. The molecule has 1 aromatic carbocycles. The summed E-state index contributed by atoms with van der Waals surface area (Å²) in [6.07, 6.45) is 3.29. The van der Waals surface area contributed by atoms with Gasteiger partial charge in [0.15, 0.2) is 5.78 Å². The molecular weight excluding hydrogens is 399 g/mol. The first-order chi connectivity index (χ1) is 14.6. The van der Waals surface area contributed by atoms with E-state index in [0.29, 0.717) is 49.0 Å². The lowest BCUT2D eigenvalue weighted by molar-refractivity contribution is 0.0909. The number of hydrogen-bond acceptors (Lipinski definition) is 5. The molecule has 1 amide bonds. The molecule has 2 aliphatic carbocycles. The van der Waals surface area contributed by atoms with Gasteiger partial charge in [-0.1, -0.05) is 20.8 Å². The molecule has 4 rings (SSSR count). The van der Waals surface area contributed by atoms with Gasteiger partial charge in [0.05, 0.1) is 46.0 Å². The zero-order valence-electron chi connectivity index (χ0n) is 18.2. The monoisotopic (exact) mass is 428 g/mol. The van der Waals surface area contributed by atoms with Gasteiger partial charge in [0, 0.05) is 12.5 Å². The van der Waals surface area contributed by atoms with E-state index >= 15 is 4.39 Å². The second-order valence-electron chi connectivity index (χ2n) is 9.44. The fourth-order valence-corrected chi connectivity index (χ4v) is 4.88. The third-order valence-electron chi connectivity index (χ3n) is 6.34. The van der Waals surface area contributed by atoms with Crippen LogP contribution in [0.2, 0.25) is 0 Å². The highest BCUT2D eigenvalue weighted by Gasteiger charge is 2.36. The number of aryl methyl sites for hydroxylation is 1. The highest BCUT2D eigenvalue weighted by Crippen LogP contribution is 2.38. The van der Waals surface area contributed by atoms with E-state index in [2.05, 4.69) is 10.4 Å². The van der Waals surface area contributed by atoms with Crippen LogP contribution < -0.4 is 11.1 Å². The molecule has 1 fully saturated rings. The summed E-state index contributed by atoms with van der Waals surface area (Å²) in [5.41, 5.74) is 7.71. The molecule has 166 valence electrons. The fourth-order valence-electron chi connectivity index (χ4n) is 4.88. The topological polar surface area (TPSA) is 110 Å². The number of nitrogens with one attached hydrogen (secondary N) is 1. The number of fused-ring (bicyclic) bond motifs is 1. The van der Waals surface area contributed by atoms with Gasteiger partial charge in [0.25, 0.3) is 5.91 Å². The van der Waals surface area contributed by atoms with Crippen LogP contribution in [0.15, 0.2) is 12.1 Å². The van der Waals surface area contributed by atoms with Crippen LogP contribution in [-0.4, -0.2) is 38.7 Å². The highest BCUT2D eigenvalue weighted by molar-refractivity contribution is 6.00. The summed E-state index contributed by atoms with van der Waals surface area (Å²) in [7, 11) is 0. The first kappa shape index (κ1) is 21.5. The smallest absolute Gasteiger partial charge is 0.253 e. The molecule has 0 saturated heterocycles. The molecule has 0 bridgehead atoms. The van der Waals surface area contributed by atoms with Crippen molar-refractivity contribution in [3.63, 3.8) is 0 Å². The molecule has 1 heterocycles. The number of halogens is 1. The molecular formula is C23H29FN4O3. The van der Waals surface area contributed by atoms with E-state index in [9.17, 15) is 14.7 Å². The Bertz CT molecular complexity index is 1060. The molecule has 4 N–H and O–H groups in total. The number of primary amides is 1. The fraction of sp³-hybridized carbons (Fsp3) is 0.522. The first-order valence-electron chi connectivity index (χ1n) is 10.8. The molecule has 0 unspecified atom stereocenters. The standard InChI is InChI=1S/C23H29FN4O3/c1-4-14-21-17(10-23(2,3)11-19(21)30)28(27-14)12-8-13(24)20(22(25)31)16(9-12)26-15-6-5-7-18(15)29/h8-9,15,18,26,29H,4-7,10-11H2,1-3H3,(H2,25,31)/t15-,18+/m0/s1. The van der Waals surface area contributed by atoms with Gasteiger partial charge in [-0.2, -0.15) is 5.10 Å². The largest absolute Gasteiger partial charge is 0.391 e. The quantitative estimate of drug-likeness (QED) is 0.678. The Morgan fingerprint density at radius 3 is 2.71 bits per heavy atom. The summed E-state index contributed by atoms with van der Waals surface area (Å²) >= 11 is 0. The predicted molar refractivity (Wildman–Crippen MR) is 115 cm³/mol. The van der Waals surface area contributed by atoms with Crippen LogP contribution in [0.4, 0.5) is 10.1 Å². The van der Waals surface area contributed by atoms with Crippen LogP contribution in [0.3, 0.4) is 0 Å². The van der Waals surface area contributed by atoms with Gasteiger partial charge in [-0.25, -0.2) is 9.07 Å². The van der Waals surface area contributed by atoms with E-state index in [0.717, 1.165) is 12.1 Å². The number of hydrogen-bond donors (Lipinski definition) is 3. The van der Waals surface area contributed by atoms with Crippen molar-refractivity contribution in [2.75, 3.05) is 5.32 Å². The second kappa shape index (κ2) is 7.75. The summed E-state index contributed by atoms with van der Waals surface area (Å²) in [6, 6.07) is 2.58. The minimum Gasteiger partial charge on any atom is -0.391 e. The predicted octanol–water partition coefficient (Wildman–Crippen LogP) is 3.15. The zero-order valence-corrected chi connectivity index (χ0v) is 18.2. The Kier molecular flexibility index (Phi) is 5.37. The van der Waals surface area contributed by atoms with Gasteiger partial charge in [0.1, 0.15) is 5.82 Å². The van der Waals surface area contributed by atoms with E-state index in [1.54, 1.807) is 10.7 Å². The van der Waals surface area contributed by atoms with Gasteiger partial charge in [-0.05, 0) is 43.6 Å². The number of carbonyl (C=O) groups excluding carboxylic acids is 2. The number of carbonyl (C=O) groups is 2. The number of aliphatic hydroxyl groups is 1. The maximum absolute atomic E-state index is 15.1. The summed E-state index contributed by atoms with van der Waals surface area (Å²) < 4.78 is 16.7. The molecule has 8 heteroatoms. The van der Waals surface area contributed by atoms with Crippen LogP contribution >= 0.6 is 0 Å². The molecule has 1 aromatic heterocycles. The van der Waals surface area contributed by atoms with Crippen molar-refractivity contribution in [2.45, 2.75) is 71.4 Å². The van der Waals surface area contributed by atoms with E-state index in [4.69, 9.17) is 5.73 Å². The van der Waals surface area contributed by atoms with Gasteiger partial charge in [-0.15, -0.1) is 0 Å². The summed E-state index contributed by atoms with van der Waals surface area (Å²) in [5.74, 6) is -1.59. The van der Waals surface area contributed by atoms with Crippen molar-refractivity contribution in [1.29, 1.82) is 0 Å². The maximum atomic E-state index is 15.1. The average Bonchev–Trinajstić information content (AvgIpc) is 3.23. The third kappa shape index (κ3) is 3.84. The van der Waals surface area contributed by atoms with Gasteiger partial charge in [-0.3, -0.25) is 9.59 Å². The Morgan fingerprint density at radius 1 is 1.35 bits per heavy atom. The zero-order chi connectivity index (χ0) is 22.5. The summed E-state index contributed by atoms with van der Waals surface area (Å²) in [5, 5.41) is 17.9.